The van der Waals surface area contributed by atoms with E-state index in [2.05, 4.69) is 0 Å². The average Bonchev–Trinajstić information content (AvgIpc) is 2.27. The summed E-state index contributed by atoms with van der Waals surface area (Å²) < 4.78 is 47.2. The normalized spacial score (nSPS) is 12.9. The van der Waals surface area contributed by atoms with E-state index in [4.69, 9.17) is 10.7 Å². The van der Waals surface area contributed by atoms with Crippen LogP contribution in [0.15, 0.2) is 34.1 Å². The van der Waals surface area contributed by atoms with Crippen molar-refractivity contribution in [2.45, 2.75) is 16.7 Å². The second-order valence-electron chi connectivity index (χ2n) is 3.33. The number of hydrogen-bond acceptors (Lipinski definition) is 4. The topological polar surface area (TPSA) is 71.5 Å². The first-order chi connectivity index (χ1) is 7.69. The Kier molecular flexibility index (Phi) is 4.19. The van der Waals surface area contributed by atoms with Gasteiger partial charge in [-0.2, -0.15) is 0 Å². The van der Waals surface area contributed by atoms with Crippen LogP contribution in [0.5, 0.6) is 0 Å². The van der Waals surface area contributed by atoms with Gasteiger partial charge in [0.25, 0.3) is 9.05 Å². The molecule has 17 heavy (non-hydrogen) atoms. The van der Waals surface area contributed by atoms with Crippen molar-refractivity contribution in [2.24, 2.45) is 0 Å². The smallest absolute Gasteiger partial charge is 0.207 e. The lowest BCUT2D eigenvalue weighted by Gasteiger charge is -2.14. The zero-order valence-corrected chi connectivity index (χ0v) is 11.7. The van der Waals surface area contributed by atoms with Crippen LogP contribution in [0, 0.1) is 0 Å². The van der Waals surface area contributed by atoms with Crippen molar-refractivity contribution in [3.63, 3.8) is 0 Å². The van der Waals surface area contributed by atoms with E-state index in [1.165, 1.54) is 25.2 Å². The summed E-state index contributed by atoms with van der Waals surface area (Å²) in [5, 5.41) is 0. The molecule has 1 aromatic carbocycles. The van der Waals surface area contributed by atoms with Crippen molar-refractivity contribution in [2.75, 3.05) is 13.6 Å². The molecule has 0 heterocycles. The highest BCUT2D eigenvalue weighted by Crippen LogP contribution is 2.20. The molecule has 0 aliphatic carbocycles. The minimum Gasteiger partial charge on any atom is -0.207 e. The fraction of sp³-hybridized carbons (Fsp3) is 0.333. The van der Waals surface area contributed by atoms with E-state index in [9.17, 15) is 16.8 Å². The number of hydrogen-bond donors (Lipinski definition) is 0. The number of benzene rings is 1. The predicted octanol–water partition coefficient (Wildman–Crippen LogP) is 1.25. The Labute approximate surface area is 105 Å². The summed E-state index contributed by atoms with van der Waals surface area (Å²) in [6, 6.07) is 4.95. The molecule has 0 aliphatic rings. The van der Waals surface area contributed by atoms with Crippen LogP contribution in [0.4, 0.5) is 0 Å². The fourth-order valence-corrected chi connectivity index (χ4v) is 3.23. The first kappa shape index (κ1) is 14.4. The summed E-state index contributed by atoms with van der Waals surface area (Å²) in [7, 11) is -1.02. The summed E-state index contributed by atoms with van der Waals surface area (Å²) in [6.45, 7) is 1.97. The van der Waals surface area contributed by atoms with E-state index in [1.54, 1.807) is 6.92 Å². The second-order valence-corrected chi connectivity index (χ2v) is 7.94. The summed E-state index contributed by atoms with van der Waals surface area (Å²) in [6.07, 6.45) is 0. The molecule has 0 bridgehead atoms. The van der Waals surface area contributed by atoms with E-state index < -0.39 is 19.1 Å². The van der Waals surface area contributed by atoms with Crippen molar-refractivity contribution in [1.82, 2.24) is 4.31 Å². The van der Waals surface area contributed by atoms with Crippen molar-refractivity contribution >= 4 is 29.8 Å². The SMILES string of the molecule is CCN(C)S(=O)(=O)c1cccc(S(=O)(=O)Cl)c1. The van der Waals surface area contributed by atoms with Gasteiger partial charge < -0.3 is 0 Å². The molecule has 0 fully saturated rings. The number of nitrogens with zero attached hydrogens (tertiary/aromatic N) is 1. The molecular formula is C9H12ClNO4S2. The Morgan fingerprint density at radius 2 is 1.71 bits per heavy atom. The highest BCUT2D eigenvalue weighted by Gasteiger charge is 2.21. The van der Waals surface area contributed by atoms with Crippen molar-refractivity contribution in [3.8, 4) is 0 Å². The quantitative estimate of drug-likeness (QED) is 0.784. The zero-order chi connectivity index (χ0) is 13.3. The minimum absolute atomic E-state index is 0.0939. The van der Waals surface area contributed by atoms with Gasteiger partial charge in [0.05, 0.1) is 9.79 Å². The lowest BCUT2D eigenvalue weighted by molar-refractivity contribution is 0.486. The molecule has 0 spiro atoms. The van der Waals surface area contributed by atoms with Gasteiger partial charge in [-0.25, -0.2) is 21.1 Å². The average molecular weight is 298 g/mol. The van der Waals surface area contributed by atoms with Crippen LogP contribution in [-0.4, -0.2) is 34.7 Å². The third-order valence-electron chi connectivity index (χ3n) is 2.24. The van der Waals surface area contributed by atoms with Gasteiger partial charge >= 0.3 is 0 Å². The van der Waals surface area contributed by atoms with Crippen molar-refractivity contribution in [3.05, 3.63) is 24.3 Å². The maximum absolute atomic E-state index is 11.9. The molecule has 0 saturated carbocycles. The van der Waals surface area contributed by atoms with E-state index in [0.717, 1.165) is 10.4 Å². The summed E-state index contributed by atoms with van der Waals surface area (Å²) >= 11 is 0. The van der Waals surface area contributed by atoms with Gasteiger partial charge in [0.2, 0.25) is 10.0 Å². The Balaban J connectivity index is 3.36. The van der Waals surface area contributed by atoms with Gasteiger partial charge in [0.15, 0.2) is 0 Å². The molecule has 0 atom stereocenters. The van der Waals surface area contributed by atoms with Gasteiger partial charge in [-0.3, -0.25) is 0 Å². The molecule has 0 saturated heterocycles. The van der Waals surface area contributed by atoms with Crippen LogP contribution in [0.1, 0.15) is 6.92 Å². The number of sulfonamides is 1. The zero-order valence-electron chi connectivity index (χ0n) is 9.29. The first-order valence-corrected chi connectivity index (χ1v) is 8.45. The summed E-state index contributed by atoms with van der Waals surface area (Å²) in [4.78, 5) is -0.326. The summed E-state index contributed by atoms with van der Waals surface area (Å²) in [5.41, 5.74) is 0. The second kappa shape index (κ2) is 4.93. The Hall–Kier alpha value is -0.630. The van der Waals surface area contributed by atoms with Crippen LogP contribution >= 0.6 is 10.7 Å². The van der Waals surface area contributed by atoms with Gasteiger partial charge in [-0.1, -0.05) is 13.0 Å². The third-order valence-corrected chi connectivity index (χ3v) is 5.52. The largest absolute Gasteiger partial charge is 0.261 e. The number of rotatable bonds is 4. The predicted molar refractivity (Wildman–Crippen MR) is 65.0 cm³/mol. The highest BCUT2D eigenvalue weighted by molar-refractivity contribution is 8.13. The molecule has 1 aromatic rings. The van der Waals surface area contributed by atoms with Gasteiger partial charge in [0.1, 0.15) is 0 Å². The van der Waals surface area contributed by atoms with Crippen molar-refractivity contribution in [1.29, 1.82) is 0 Å². The van der Waals surface area contributed by atoms with Crippen LogP contribution in [-0.2, 0) is 19.1 Å². The molecule has 0 aromatic heterocycles. The van der Waals surface area contributed by atoms with Gasteiger partial charge in [-0.05, 0) is 18.2 Å². The van der Waals surface area contributed by atoms with Gasteiger partial charge in [0, 0.05) is 24.3 Å². The maximum Gasteiger partial charge on any atom is 0.261 e. The van der Waals surface area contributed by atoms with E-state index in [-0.39, 0.29) is 9.79 Å². The molecule has 8 heteroatoms. The first-order valence-electron chi connectivity index (χ1n) is 4.70. The van der Waals surface area contributed by atoms with E-state index >= 15 is 0 Å². The van der Waals surface area contributed by atoms with E-state index in [1.807, 2.05) is 0 Å². The molecule has 0 unspecified atom stereocenters. The van der Waals surface area contributed by atoms with E-state index in [0.29, 0.717) is 6.54 Å². The summed E-state index contributed by atoms with van der Waals surface area (Å²) in [5.74, 6) is 0. The van der Waals surface area contributed by atoms with Crippen LogP contribution in [0.2, 0.25) is 0 Å². The maximum atomic E-state index is 11.9. The Morgan fingerprint density at radius 1 is 1.18 bits per heavy atom. The molecular weight excluding hydrogens is 286 g/mol. The molecule has 0 amide bonds. The Bertz CT molecular complexity index is 610. The molecule has 96 valence electrons. The molecule has 0 radical (unpaired) electrons. The lowest BCUT2D eigenvalue weighted by atomic mass is 10.4. The third kappa shape index (κ3) is 3.19. The van der Waals surface area contributed by atoms with Crippen LogP contribution in [0.25, 0.3) is 0 Å². The number of halogens is 1. The molecule has 0 N–H and O–H groups in total. The standard InChI is InChI=1S/C9H12ClNO4S2/c1-3-11(2)17(14,15)9-6-4-5-8(7-9)16(10,12)13/h4-7H,3H2,1-2H3. The monoisotopic (exact) mass is 297 g/mol. The molecule has 5 nitrogen and oxygen atoms in total. The minimum atomic E-state index is -3.93. The Morgan fingerprint density at radius 3 is 2.18 bits per heavy atom. The van der Waals surface area contributed by atoms with Crippen LogP contribution in [0.3, 0.4) is 0 Å². The molecule has 0 aliphatic heterocycles. The lowest BCUT2D eigenvalue weighted by Crippen LogP contribution is -2.26. The van der Waals surface area contributed by atoms with Crippen LogP contribution < -0.4 is 0 Å². The highest BCUT2D eigenvalue weighted by atomic mass is 35.7. The van der Waals surface area contributed by atoms with Gasteiger partial charge in [-0.15, -0.1) is 0 Å². The fourth-order valence-electron chi connectivity index (χ4n) is 1.14. The van der Waals surface area contributed by atoms with Crippen molar-refractivity contribution < 1.29 is 16.8 Å². The molecule has 1 rings (SSSR count).